The number of benzene rings is 1. The standard InChI is InChI=1S/C20H28N2O6S/c1-3-28-20(23)14-17-13-15(2)10-11-16(17)7-6-12-21-29(26,27)19-9-5-4-8-18(19)22(24)25/h4-5,8-9,11,15,17,21H,3,6-7,10,12-14H2,1-2H3/t15-,17+/m0/s1. The molecule has 0 amide bonds. The highest BCUT2D eigenvalue weighted by Crippen LogP contribution is 2.34. The molecule has 1 N–H and O–H groups in total. The number of nitro benzene ring substituents is 1. The SMILES string of the molecule is CCOC(=O)C[C@H]1C[C@@H](C)CC=C1CCCNS(=O)(=O)c1ccccc1[N+](=O)[O-]. The van der Waals surface area contributed by atoms with Crippen LogP contribution in [-0.2, 0) is 19.6 Å². The van der Waals surface area contributed by atoms with Crippen LogP contribution in [0.5, 0.6) is 0 Å². The number of allylic oxidation sites excluding steroid dienone is 2. The fraction of sp³-hybridized carbons (Fsp3) is 0.550. The number of hydrogen-bond acceptors (Lipinski definition) is 6. The minimum Gasteiger partial charge on any atom is -0.466 e. The van der Waals surface area contributed by atoms with Crippen LogP contribution in [0.15, 0.2) is 40.8 Å². The van der Waals surface area contributed by atoms with Gasteiger partial charge in [0.05, 0.1) is 18.0 Å². The van der Waals surface area contributed by atoms with Crippen molar-refractivity contribution in [2.45, 2.75) is 50.8 Å². The van der Waals surface area contributed by atoms with Crippen LogP contribution >= 0.6 is 0 Å². The predicted octanol–water partition coefficient (Wildman–Crippen LogP) is 3.58. The van der Waals surface area contributed by atoms with Crippen molar-refractivity contribution in [3.63, 3.8) is 0 Å². The van der Waals surface area contributed by atoms with Crippen molar-refractivity contribution in [2.75, 3.05) is 13.2 Å². The van der Waals surface area contributed by atoms with E-state index in [4.69, 9.17) is 4.74 Å². The molecule has 160 valence electrons. The Bertz CT molecular complexity index is 865. The molecule has 1 aliphatic rings. The van der Waals surface area contributed by atoms with Crippen molar-refractivity contribution in [3.8, 4) is 0 Å². The van der Waals surface area contributed by atoms with Gasteiger partial charge in [0.2, 0.25) is 10.0 Å². The average Bonchev–Trinajstić information content (AvgIpc) is 2.66. The molecule has 0 radical (unpaired) electrons. The van der Waals surface area contributed by atoms with E-state index in [0.29, 0.717) is 31.8 Å². The Balaban J connectivity index is 1.94. The van der Waals surface area contributed by atoms with Gasteiger partial charge in [-0.05, 0) is 50.5 Å². The highest BCUT2D eigenvalue weighted by atomic mass is 32.2. The summed E-state index contributed by atoms with van der Waals surface area (Å²) >= 11 is 0. The quantitative estimate of drug-likeness (QED) is 0.202. The first-order valence-electron chi connectivity index (χ1n) is 9.82. The molecule has 0 bridgehead atoms. The molecular formula is C20H28N2O6S. The lowest BCUT2D eigenvalue weighted by Gasteiger charge is -2.27. The lowest BCUT2D eigenvalue weighted by molar-refractivity contribution is -0.387. The Morgan fingerprint density at radius 3 is 2.76 bits per heavy atom. The molecule has 0 spiro atoms. The molecule has 1 aliphatic carbocycles. The summed E-state index contributed by atoms with van der Waals surface area (Å²) in [6.45, 7) is 4.44. The smallest absolute Gasteiger partial charge is 0.306 e. The van der Waals surface area contributed by atoms with E-state index in [1.165, 1.54) is 24.3 Å². The van der Waals surface area contributed by atoms with E-state index in [-0.39, 0.29) is 23.3 Å². The summed E-state index contributed by atoms with van der Waals surface area (Å²) in [4.78, 5) is 21.9. The van der Waals surface area contributed by atoms with Crippen molar-refractivity contribution >= 4 is 21.7 Å². The molecule has 2 atom stereocenters. The van der Waals surface area contributed by atoms with E-state index in [2.05, 4.69) is 17.7 Å². The Labute approximate surface area is 171 Å². The molecular weight excluding hydrogens is 396 g/mol. The molecule has 0 saturated heterocycles. The normalized spacial score (nSPS) is 19.4. The number of sulfonamides is 1. The summed E-state index contributed by atoms with van der Waals surface area (Å²) in [5.74, 6) is 0.398. The van der Waals surface area contributed by atoms with E-state index in [0.717, 1.165) is 18.4 Å². The van der Waals surface area contributed by atoms with Crippen LogP contribution in [0, 0.1) is 22.0 Å². The molecule has 0 aliphatic heterocycles. The molecule has 1 aromatic rings. The zero-order valence-corrected chi connectivity index (χ0v) is 17.6. The number of esters is 1. The summed E-state index contributed by atoms with van der Waals surface area (Å²) in [5.41, 5.74) is 0.708. The Hall–Kier alpha value is -2.26. The third-order valence-electron chi connectivity index (χ3n) is 5.00. The molecule has 0 heterocycles. The average molecular weight is 425 g/mol. The molecule has 0 unspecified atom stereocenters. The highest BCUT2D eigenvalue weighted by molar-refractivity contribution is 7.89. The summed E-state index contributed by atoms with van der Waals surface area (Å²) in [6, 6.07) is 5.27. The summed E-state index contributed by atoms with van der Waals surface area (Å²) < 4.78 is 32.4. The number of ether oxygens (including phenoxy) is 1. The van der Waals surface area contributed by atoms with Crippen LogP contribution in [0.3, 0.4) is 0 Å². The molecule has 1 aromatic carbocycles. The van der Waals surface area contributed by atoms with E-state index in [9.17, 15) is 23.3 Å². The van der Waals surface area contributed by atoms with Gasteiger partial charge in [-0.15, -0.1) is 0 Å². The number of para-hydroxylation sites is 1. The first kappa shape index (κ1) is 23.0. The number of carbonyl (C=O) groups excluding carboxylic acids is 1. The monoisotopic (exact) mass is 424 g/mol. The van der Waals surface area contributed by atoms with Crippen LogP contribution in [0.1, 0.15) is 46.0 Å². The maximum atomic E-state index is 12.4. The Morgan fingerprint density at radius 1 is 1.34 bits per heavy atom. The van der Waals surface area contributed by atoms with Crippen molar-refractivity contribution < 1.29 is 22.9 Å². The molecule has 9 heteroatoms. The third-order valence-corrected chi connectivity index (χ3v) is 6.51. The highest BCUT2D eigenvalue weighted by Gasteiger charge is 2.26. The number of nitrogens with zero attached hydrogens (tertiary/aromatic N) is 1. The first-order chi connectivity index (χ1) is 13.7. The van der Waals surface area contributed by atoms with Crippen molar-refractivity contribution in [1.29, 1.82) is 0 Å². The van der Waals surface area contributed by atoms with Gasteiger partial charge in [0.15, 0.2) is 4.90 Å². The second-order valence-corrected chi connectivity index (χ2v) is 9.02. The Kier molecular flexibility index (Phi) is 8.33. The third kappa shape index (κ3) is 6.64. The molecule has 29 heavy (non-hydrogen) atoms. The molecule has 0 aromatic heterocycles. The van der Waals surface area contributed by atoms with Crippen molar-refractivity contribution in [3.05, 3.63) is 46.0 Å². The molecule has 8 nitrogen and oxygen atoms in total. The van der Waals surface area contributed by atoms with Gasteiger partial charge >= 0.3 is 5.97 Å². The van der Waals surface area contributed by atoms with E-state index < -0.39 is 20.6 Å². The van der Waals surface area contributed by atoms with Crippen LogP contribution in [0.2, 0.25) is 0 Å². The second kappa shape index (κ2) is 10.5. The van der Waals surface area contributed by atoms with E-state index in [1.54, 1.807) is 6.92 Å². The van der Waals surface area contributed by atoms with Crippen molar-refractivity contribution in [2.24, 2.45) is 11.8 Å². The minimum absolute atomic E-state index is 0.115. The number of nitro groups is 1. The van der Waals surface area contributed by atoms with Gasteiger partial charge in [0.1, 0.15) is 0 Å². The van der Waals surface area contributed by atoms with Crippen LogP contribution < -0.4 is 4.72 Å². The summed E-state index contributed by atoms with van der Waals surface area (Å²) in [6.07, 6.45) is 5.54. The van der Waals surface area contributed by atoms with Gasteiger partial charge in [-0.25, -0.2) is 13.1 Å². The van der Waals surface area contributed by atoms with Gasteiger partial charge in [0, 0.05) is 12.6 Å². The van der Waals surface area contributed by atoms with Gasteiger partial charge in [-0.2, -0.15) is 0 Å². The topological polar surface area (TPSA) is 116 Å². The minimum atomic E-state index is -3.97. The Morgan fingerprint density at radius 2 is 2.07 bits per heavy atom. The second-order valence-electron chi connectivity index (χ2n) is 7.29. The number of carbonyl (C=O) groups is 1. The van der Waals surface area contributed by atoms with Gasteiger partial charge in [-0.3, -0.25) is 14.9 Å². The predicted molar refractivity (Wildman–Crippen MR) is 109 cm³/mol. The molecule has 0 saturated carbocycles. The lowest BCUT2D eigenvalue weighted by atomic mass is 9.78. The van der Waals surface area contributed by atoms with E-state index in [1.807, 2.05) is 0 Å². The maximum absolute atomic E-state index is 12.4. The lowest BCUT2D eigenvalue weighted by Crippen LogP contribution is -2.26. The van der Waals surface area contributed by atoms with Gasteiger partial charge in [-0.1, -0.05) is 30.7 Å². The fourth-order valence-corrected chi connectivity index (χ4v) is 4.85. The van der Waals surface area contributed by atoms with Crippen molar-refractivity contribution in [1.82, 2.24) is 4.72 Å². The van der Waals surface area contributed by atoms with Crippen LogP contribution in [0.4, 0.5) is 5.69 Å². The molecule has 0 fully saturated rings. The first-order valence-corrected chi connectivity index (χ1v) is 11.3. The van der Waals surface area contributed by atoms with Crippen LogP contribution in [0.25, 0.3) is 0 Å². The van der Waals surface area contributed by atoms with Gasteiger partial charge < -0.3 is 4.74 Å². The number of nitrogens with one attached hydrogen (secondary N) is 1. The summed E-state index contributed by atoms with van der Waals surface area (Å²) in [5, 5.41) is 11.1. The maximum Gasteiger partial charge on any atom is 0.306 e. The van der Waals surface area contributed by atoms with Gasteiger partial charge in [0.25, 0.3) is 5.69 Å². The van der Waals surface area contributed by atoms with E-state index >= 15 is 0 Å². The molecule has 2 rings (SSSR count). The summed E-state index contributed by atoms with van der Waals surface area (Å²) in [7, 11) is -3.97. The zero-order valence-electron chi connectivity index (χ0n) is 16.8. The zero-order chi connectivity index (χ0) is 21.4. The van der Waals surface area contributed by atoms with Crippen LogP contribution in [-0.4, -0.2) is 32.5 Å². The number of hydrogen-bond donors (Lipinski definition) is 1. The fourth-order valence-electron chi connectivity index (χ4n) is 3.61. The number of rotatable bonds is 10. The largest absolute Gasteiger partial charge is 0.466 e.